The largest absolute Gasteiger partial charge is 0.493 e. The standard InChI is InChI=1S/C25H18BrCl2FN2O4/c1-34-22-10-15(8-19(26)23(22)35-13-16-4-5-17(27)11-20(16)28)9-21-24(32)31(25(33)30-21)12-14-2-6-18(29)7-3-14/h2-11H,12-13H2,1H3,(H,30,33)/b21-9+. The maximum Gasteiger partial charge on any atom is 0.329 e. The Morgan fingerprint density at radius 1 is 1.09 bits per heavy atom. The fraction of sp³-hybridized carbons (Fsp3) is 0.120. The number of benzene rings is 3. The van der Waals surface area contributed by atoms with Gasteiger partial charge in [0.05, 0.1) is 18.1 Å². The number of halogens is 4. The number of methoxy groups -OCH3 is 1. The first-order chi connectivity index (χ1) is 16.7. The fourth-order valence-corrected chi connectivity index (χ4v) is 4.44. The minimum atomic E-state index is -0.559. The van der Waals surface area contributed by atoms with Crippen LogP contribution < -0.4 is 14.8 Å². The molecule has 0 aliphatic carbocycles. The number of nitrogens with one attached hydrogen (secondary N) is 1. The molecule has 0 unspecified atom stereocenters. The van der Waals surface area contributed by atoms with Crippen LogP contribution in [0.4, 0.5) is 9.18 Å². The summed E-state index contributed by atoms with van der Waals surface area (Å²) in [6, 6.07) is 13.6. The number of imide groups is 1. The lowest BCUT2D eigenvalue weighted by Gasteiger charge is -2.14. The highest BCUT2D eigenvalue weighted by Crippen LogP contribution is 2.38. The van der Waals surface area contributed by atoms with Crippen molar-refractivity contribution in [3.8, 4) is 11.5 Å². The minimum Gasteiger partial charge on any atom is -0.493 e. The molecule has 180 valence electrons. The van der Waals surface area contributed by atoms with E-state index in [0.717, 1.165) is 10.5 Å². The molecule has 10 heteroatoms. The third-order valence-corrected chi connectivity index (χ3v) is 6.34. The number of urea groups is 1. The smallest absolute Gasteiger partial charge is 0.329 e. The van der Waals surface area contributed by atoms with E-state index >= 15 is 0 Å². The highest BCUT2D eigenvalue weighted by atomic mass is 79.9. The van der Waals surface area contributed by atoms with Gasteiger partial charge in [0.2, 0.25) is 0 Å². The van der Waals surface area contributed by atoms with E-state index in [0.29, 0.717) is 37.1 Å². The average molecular weight is 580 g/mol. The van der Waals surface area contributed by atoms with Crippen LogP contribution in [0.15, 0.2) is 64.8 Å². The zero-order valence-corrected chi connectivity index (χ0v) is 21.4. The Morgan fingerprint density at radius 2 is 1.83 bits per heavy atom. The monoisotopic (exact) mass is 578 g/mol. The van der Waals surface area contributed by atoms with E-state index in [-0.39, 0.29) is 18.8 Å². The van der Waals surface area contributed by atoms with Crippen molar-refractivity contribution in [2.24, 2.45) is 0 Å². The quantitative estimate of drug-likeness (QED) is 0.254. The molecule has 1 heterocycles. The van der Waals surface area contributed by atoms with Gasteiger partial charge in [-0.05, 0) is 69.5 Å². The van der Waals surface area contributed by atoms with Gasteiger partial charge in [-0.1, -0.05) is 41.4 Å². The summed E-state index contributed by atoms with van der Waals surface area (Å²) in [6.07, 6.45) is 1.54. The summed E-state index contributed by atoms with van der Waals surface area (Å²) in [5, 5.41) is 3.58. The SMILES string of the molecule is COc1cc(/C=C2/NC(=O)N(Cc3ccc(F)cc3)C2=O)cc(Br)c1OCc1ccc(Cl)cc1Cl. The molecule has 0 atom stereocenters. The van der Waals surface area contributed by atoms with Crippen LogP contribution in [0, 0.1) is 5.82 Å². The molecule has 1 aliphatic heterocycles. The number of carbonyl (C=O) groups is 2. The van der Waals surface area contributed by atoms with E-state index in [1.54, 1.807) is 30.3 Å². The molecular weight excluding hydrogens is 562 g/mol. The zero-order chi connectivity index (χ0) is 25.1. The second-order valence-corrected chi connectivity index (χ2v) is 9.26. The summed E-state index contributed by atoms with van der Waals surface area (Å²) in [5.41, 5.74) is 2.07. The minimum absolute atomic E-state index is 0.0232. The van der Waals surface area contributed by atoms with Gasteiger partial charge in [-0.2, -0.15) is 0 Å². The van der Waals surface area contributed by atoms with Gasteiger partial charge < -0.3 is 14.8 Å². The predicted molar refractivity (Wildman–Crippen MR) is 135 cm³/mol. The molecule has 0 bridgehead atoms. The Bertz CT molecular complexity index is 1330. The summed E-state index contributed by atoms with van der Waals surface area (Å²) < 4.78 is 25.1. The third-order valence-electron chi connectivity index (χ3n) is 5.17. The van der Waals surface area contributed by atoms with E-state index in [4.69, 9.17) is 32.7 Å². The second kappa shape index (κ2) is 10.7. The van der Waals surface area contributed by atoms with Crippen LogP contribution in [-0.2, 0) is 17.9 Å². The zero-order valence-electron chi connectivity index (χ0n) is 18.3. The molecule has 3 aromatic carbocycles. The summed E-state index contributed by atoms with van der Waals surface area (Å²) in [4.78, 5) is 26.3. The maximum absolute atomic E-state index is 13.1. The molecule has 0 radical (unpaired) electrons. The molecule has 3 amide bonds. The second-order valence-electron chi connectivity index (χ2n) is 7.56. The summed E-state index contributed by atoms with van der Waals surface area (Å²) in [6.45, 7) is 0.202. The molecule has 1 aliphatic rings. The molecule has 6 nitrogen and oxygen atoms in total. The van der Waals surface area contributed by atoms with Gasteiger partial charge in [-0.15, -0.1) is 0 Å². The Kier molecular flexibility index (Phi) is 7.64. The lowest BCUT2D eigenvalue weighted by molar-refractivity contribution is -0.123. The topological polar surface area (TPSA) is 67.9 Å². The van der Waals surface area contributed by atoms with Crippen molar-refractivity contribution in [3.63, 3.8) is 0 Å². The first-order valence-electron chi connectivity index (χ1n) is 10.3. The predicted octanol–water partition coefficient (Wildman–Crippen LogP) is 6.58. The van der Waals surface area contributed by atoms with Crippen LogP contribution in [0.2, 0.25) is 10.0 Å². The molecule has 3 aromatic rings. The number of ether oxygens (including phenoxy) is 2. The van der Waals surface area contributed by atoms with Gasteiger partial charge in [0.15, 0.2) is 11.5 Å². The summed E-state index contributed by atoms with van der Waals surface area (Å²) in [7, 11) is 1.49. The molecule has 1 saturated heterocycles. The number of nitrogens with zero attached hydrogens (tertiary/aromatic N) is 1. The van der Waals surface area contributed by atoms with Crippen molar-refractivity contribution in [1.82, 2.24) is 10.2 Å². The lowest BCUT2D eigenvalue weighted by atomic mass is 10.1. The van der Waals surface area contributed by atoms with Crippen molar-refractivity contribution in [3.05, 3.63) is 97.3 Å². The Morgan fingerprint density at radius 3 is 2.51 bits per heavy atom. The van der Waals surface area contributed by atoms with Crippen LogP contribution in [0.1, 0.15) is 16.7 Å². The molecule has 0 saturated carbocycles. The fourth-order valence-electron chi connectivity index (χ4n) is 3.41. The van der Waals surface area contributed by atoms with Crippen molar-refractivity contribution in [1.29, 1.82) is 0 Å². The maximum atomic E-state index is 13.1. The van der Waals surface area contributed by atoms with Crippen molar-refractivity contribution >= 4 is 57.1 Å². The van der Waals surface area contributed by atoms with E-state index in [1.165, 1.54) is 37.5 Å². The molecule has 4 rings (SSSR count). The highest BCUT2D eigenvalue weighted by molar-refractivity contribution is 9.10. The lowest BCUT2D eigenvalue weighted by Crippen LogP contribution is -2.30. The van der Waals surface area contributed by atoms with E-state index in [9.17, 15) is 14.0 Å². The van der Waals surface area contributed by atoms with Crippen LogP contribution in [0.25, 0.3) is 6.08 Å². The number of hydrogen-bond acceptors (Lipinski definition) is 4. The van der Waals surface area contributed by atoms with Gasteiger partial charge in [0.1, 0.15) is 18.1 Å². The van der Waals surface area contributed by atoms with Crippen molar-refractivity contribution in [2.45, 2.75) is 13.2 Å². The van der Waals surface area contributed by atoms with Crippen LogP contribution in [0.5, 0.6) is 11.5 Å². The van der Waals surface area contributed by atoms with Crippen LogP contribution >= 0.6 is 39.1 Å². The van der Waals surface area contributed by atoms with Crippen LogP contribution in [-0.4, -0.2) is 23.9 Å². The molecule has 35 heavy (non-hydrogen) atoms. The average Bonchev–Trinajstić information content (AvgIpc) is 3.07. The Hall–Kier alpha value is -3.07. The van der Waals surface area contributed by atoms with Crippen molar-refractivity contribution in [2.75, 3.05) is 7.11 Å². The van der Waals surface area contributed by atoms with Crippen molar-refractivity contribution < 1.29 is 23.5 Å². The molecule has 0 spiro atoms. The van der Waals surface area contributed by atoms with Gasteiger partial charge in [-0.25, -0.2) is 9.18 Å². The Labute approximate surface area is 219 Å². The first kappa shape index (κ1) is 25.0. The number of amides is 3. The van der Waals surface area contributed by atoms with E-state index < -0.39 is 17.8 Å². The normalized spacial score (nSPS) is 14.4. The Balaban J connectivity index is 1.53. The van der Waals surface area contributed by atoms with E-state index in [1.807, 2.05) is 0 Å². The highest BCUT2D eigenvalue weighted by Gasteiger charge is 2.33. The van der Waals surface area contributed by atoms with Crippen LogP contribution in [0.3, 0.4) is 0 Å². The number of carbonyl (C=O) groups excluding carboxylic acids is 2. The molecule has 1 N–H and O–H groups in total. The number of hydrogen-bond donors (Lipinski definition) is 1. The number of rotatable bonds is 7. The van der Waals surface area contributed by atoms with Gasteiger partial charge in [0.25, 0.3) is 5.91 Å². The summed E-state index contributed by atoms with van der Waals surface area (Å²) >= 11 is 15.6. The molecular formula is C25H18BrCl2FN2O4. The third kappa shape index (κ3) is 5.78. The van der Waals surface area contributed by atoms with Gasteiger partial charge in [-0.3, -0.25) is 9.69 Å². The molecule has 1 fully saturated rings. The summed E-state index contributed by atoms with van der Waals surface area (Å²) in [5.74, 6) is -0.0292. The van der Waals surface area contributed by atoms with E-state index in [2.05, 4.69) is 21.2 Å². The first-order valence-corrected chi connectivity index (χ1v) is 11.8. The van der Waals surface area contributed by atoms with Gasteiger partial charge in [0, 0.05) is 15.6 Å². The van der Waals surface area contributed by atoms with Gasteiger partial charge >= 0.3 is 6.03 Å². The molecule has 0 aromatic heterocycles.